The van der Waals surface area contributed by atoms with Crippen LogP contribution in [0.15, 0.2) is 48.0 Å². The molecule has 0 amide bonds. The summed E-state index contributed by atoms with van der Waals surface area (Å²) in [5.41, 5.74) is 2.29. The number of hydrogen-bond acceptors (Lipinski definition) is 5. The maximum Gasteiger partial charge on any atom is 0.135 e. The molecule has 3 aromatic rings. The van der Waals surface area contributed by atoms with Gasteiger partial charge in [-0.05, 0) is 18.6 Å². The van der Waals surface area contributed by atoms with Crippen LogP contribution < -0.4 is 4.90 Å². The Labute approximate surface area is 134 Å². The summed E-state index contributed by atoms with van der Waals surface area (Å²) in [6.07, 6.45) is 2.57. The Balaban J connectivity index is 1.73. The van der Waals surface area contributed by atoms with Crippen LogP contribution in [0.3, 0.4) is 0 Å². The van der Waals surface area contributed by atoms with Crippen molar-refractivity contribution in [2.75, 3.05) is 11.9 Å². The lowest BCUT2D eigenvalue weighted by molar-refractivity contribution is 0.857. The van der Waals surface area contributed by atoms with Gasteiger partial charge in [-0.2, -0.15) is 0 Å². The molecule has 0 radical (unpaired) electrons. The molecule has 2 heterocycles. The third-order valence-electron chi connectivity index (χ3n) is 3.33. The first-order valence-electron chi connectivity index (χ1n) is 7.19. The molecule has 22 heavy (non-hydrogen) atoms. The van der Waals surface area contributed by atoms with Gasteiger partial charge in [0.05, 0.1) is 6.54 Å². The van der Waals surface area contributed by atoms with Gasteiger partial charge in [-0.15, -0.1) is 11.3 Å². The van der Waals surface area contributed by atoms with Crippen LogP contribution in [0.2, 0.25) is 0 Å². The first kappa shape index (κ1) is 14.7. The summed E-state index contributed by atoms with van der Waals surface area (Å²) in [7, 11) is 2.03. The van der Waals surface area contributed by atoms with Crippen molar-refractivity contribution in [3.8, 4) is 0 Å². The maximum atomic E-state index is 4.66. The SMILES string of the molecule is Cc1csc(CN(C)c2ccnc(Cc3ccccc3)n2)n1. The van der Waals surface area contributed by atoms with E-state index in [0.717, 1.165) is 35.3 Å². The van der Waals surface area contributed by atoms with Crippen molar-refractivity contribution in [2.24, 2.45) is 0 Å². The lowest BCUT2D eigenvalue weighted by Gasteiger charge is -2.17. The highest BCUT2D eigenvalue weighted by Crippen LogP contribution is 2.16. The fourth-order valence-corrected chi connectivity index (χ4v) is 3.05. The van der Waals surface area contributed by atoms with Crippen LogP contribution in [0.4, 0.5) is 5.82 Å². The summed E-state index contributed by atoms with van der Waals surface area (Å²) in [6, 6.07) is 12.2. The molecule has 2 aromatic heterocycles. The topological polar surface area (TPSA) is 41.9 Å². The lowest BCUT2D eigenvalue weighted by Crippen LogP contribution is -2.18. The van der Waals surface area contributed by atoms with E-state index in [9.17, 15) is 0 Å². The average Bonchev–Trinajstić information content (AvgIpc) is 2.93. The molecule has 0 aliphatic heterocycles. The number of aryl methyl sites for hydroxylation is 1. The predicted molar refractivity (Wildman–Crippen MR) is 90.2 cm³/mol. The van der Waals surface area contributed by atoms with Crippen LogP contribution in [0, 0.1) is 6.92 Å². The molecule has 112 valence electrons. The minimum atomic E-state index is 0.749. The van der Waals surface area contributed by atoms with Gasteiger partial charge in [-0.3, -0.25) is 0 Å². The Morgan fingerprint density at radius 3 is 2.64 bits per heavy atom. The number of aromatic nitrogens is 3. The van der Waals surface area contributed by atoms with E-state index in [4.69, 9.17) is 0 Å². The molecule has 3 rings (SSSR count). The van der Waals surface area contributed by atoms with E-state index in [1.54, 1.807) is 11.3 Å². The summed E-state index contributed by atoms with van der Waals surface area (Å²) in [5.74, 6) is 1.76. The lowest BCUT2D eigenvalue weighted by atomic mass is 10.1. The first-order valence-corrected chi connectivity index (χ1v) is 8.06. The molecule has 0 fully saturated rings. The van der Waals surface area contributed by atoms with Crippen molar-refractivity contribution in [1.82, 2.24) is 15.0 Å². The zero-order valence-electron chi connectivity index (χ0n) is 12.7. The smallest absolute Gasteiger partial charge is 0.135 e. The molecule has 0 bridgehead atoms. The third kappa shape index (κ3) is 3.68. The zero-order valence-corrected chi connectivity index (χ0v) is 13.5. The third-order valence-corrected chi connectivity index (χ3v) is 4.28. The van der Waals surface area contributed by atoms with Crippen molar-refractivity contribution in [3.63, 3.8) is 0 Å². The normalized spacial score (nSPS) is 10.6. The second kappa shape index (κ2) is 6.66. The summed E-state index contributed by atoms with van der Waals surface area (Å²) >= 11 is 1.68. The summed E-state index contributed by atoms with van der Waals surface area (Å²) < 4.78 is 0. The number of anilines is 1. The minimum absolute atomic E-state index is 0.749. The van der Waals surface area contributed by atoms with Crippen molar-refractivity contribution in [3.05, 3.63) is 70.1 Å². The summed E-state index contributed by atoms with van der Waals surface area (Å²) in [4.78, 5) is 15.6. The monoisotopic (exact) mass is 310 g/mol. The molecule has 0 aliphatic carbocycles. The van der Waals surface area contributed by atoms with Crippen LogP contribution in [-0.2, 0) is 13.0 Å². The van der Waals surface area contributed by atoms with E-state index in [2.05, 4.69) is 37.4 Å². The average molecular weight is 310 g/mol. The van der Waals surface area contributed by atoms with E-state index in [0.29, 0.717) is 0 Å². The van der Waals surface area contributed by atoms with Crippen molar-refractivity contribution >= 4 is 17.2 Å². The quantitative estimate of drug-likeness (QED) is 0.723. The molecule has 0 saturated carbocycles. The van der Waals surface area contributed by atoms with Gasteiger partial charge < -0.3 is 4.90 Å². The Kier molecular flexibility index (Phi) is 4.44. The van der Waals surface area contributed by atoms with Gasteiger partial charge >= 0.3 is 0 Å². The number of benzene rings is 1. The Hall–Kier alpha value is -2.27. The molecular weight excluding hydrogens is 292 g/mol. The molecule has 0 aliphatic rings. The van der Waals surface area contributed by atoms with Gasteiger partial charge in [0.2, 0.25) is 0 Å². The van der Waals surface area contributed by atoms with E-state index in [1.165, 1.54) is 5.56 Å². The second-order valence-corrected chi connectivity index (χ2v) is 6.17. The number of nitrogens with zero attached hydrogens (tertiary/aromatic N) is 4. The molecule has 0 unspecified atom stereocenters. The van der Waals surface area contributed by atoms with Crippen LogP contribution in [0.1, 0.15) is 22.1 Å². The molecule has 1 aromatic carbocycles. The number of hydrogen-bond donors (Lipinski definition) is 0. The molecule has 0 atom stereocenters. The van der Waals surface area contributed by atoms with E-state index in [1.807, 2.05) is 44.4 Å². The van der Waals surface area contributed by atoms with Crippen LogP contribution >= 0.6 is 11.3 Å². The molecule has 5 heteroatoms. The highest BCUT2D eigenvalue weighted by molar-refractivity contribution is 7.09. The molecule has 0 spiro atoms. The minimum Gasteiger partial charge on any atom is -0.353 e. The Morgan fingerprint density at radius 2 is 1.91 bits per heavy atom. The summed E-state index contributed by atoms with van der Waals surface area (Å²) in [5, 5.41) is 3.17. The predicted octanol–water partition coefficient (Wildman–Crippen LogP) is 3.47. The Morgan fingerprint density at radius 1 is 1.09 bits per heavy atom. The second-order valence-electron chi connectivity index (χ2n) is 5.23. The van der Waals surface area contributed by atoms with Crippen LogP contribution in [0.5, 0.6) is 0 Å². The Bertz CT molecular complexity index is 739. The van der Waals surface area contributed by atoms with Crippen molar-refractivity contribution in [2.45, 2.75) is 19.9 Å². The highest BCUT2D eigenvalue weighted by Gasteiger charge is 2.08. The fourth-order valence-electron chi connectivity index (χ4n) is 2.22. The van der Waals surface area contributed by atoms with Crippen molar-refractivity contribution < 1.29 is 0 Å². The molecule has 0 N–H and O–H groups in total. The van der Waals surface area contributed by atoms with Gasteiger partial charge in [0.15, 0.2) is 0 Å². The standard InChI is InChI=1S/C17H18N4S/c1-13-12-22-17(19-13)11-21(2)16-8-9-18-15(20-16)10-14-6-4-3-5-7-14/h3-9,12H,10-11H2,1-2H3. The number of rotatable bonds is 5. The summed E-state index contributed by atoms with van der Waals surface area (Å²) in [6.45, 7) is 2.78. The number of thiazole rings is 1. The van der Waals surface area contributed by atoms with Gasteiger partial charge in [0, 0.05) is 30.7 Å². The molecule has 4 nitrogen and oxygen atoms in total. The highest BCUT2D eigenvalue weighted by atomic mass is 32.1. The van der Waals surface area contributed by atoms with Gasteiger partial charge in [0.1, 0.15) is 16.6 Å². The largest absolute Gasteiger partial charge is 0.353 e. The van der Waals surface area contributed by atoms with E-state index >= 15 is 0 Å². The van der Waals surface area contributed by atoms with Crippen LogP contribution in [-0.4, -0.2) is 22.0 Å². The fraction of sp³-hybridized carbons (Fsp3) is 0.235. The van der Waals surface area contributed by atoms with Gasteiger partial charge in [-0.1, -0.05) is 30.3 Å². The first-order chi connectivity index (χ1) is 10.7. The molecule has 0 saturated heterocycles. The van der Waals surface area contributed by atoms with E-state index < -0.39 is 0 Å². The van der Waals surface area contributed by atoms with Gasteiger partial charge in [-0.25, -0.2) is 15.0 Å². The van der Waals surface area contributed by atoms with Crippen LogP contribution in [0.25, 0.3) is 0 Å². The van der Waals surface area contributed by atoms with E-state index in [-0.39, 0.29) is 0 Å². The van der Waals surface area contributed by atoms with Gasteiger partial charge in [0.25, 0.3) is 0 Å². The molecular formula is C17H18N4S. The zero-order chi connectivity index (χ0) is 15.4. The maximum absolute atomic E-state index is 4.66. The van der Waals surface area contributed by atoms with Crippen molar-refractivity contribution in [1.29, 1.82) is 0 Å².